The average Bonchev–Trinajstić information content (AvgIpc) is 2.59. The van der Waals surface area contributed by atoms with E-state index in [4.69, 9.17) is 15.3 Å². The molecule has 0 aliphatic carbocycles. The summed E-state index contributed by atoms with van der Waals surface area (Å²) in [5.41, 5.74) is 0. The average molecular weight is 391 g/mol. The first kappa shape index (κ1) is 30.1. The van der Waals surface area contributed by atoms with Crippen molar-refractivity contribution in [2.45, 2.75) is 117 Å². The van der Waals surface area contributed by atoms with Gasteiger partial charge in [-0.25, -0.2) is 0 Å². The number of carboxylic acids is 3. The molecule has 0 rings (SSSR count). The Morgan fingerprint density at radius 1 is 0.444 bits per heavy atom. The minimum Gasteiger partial charge on any atom is -0.481 e. The summed E-state index contributed by atoms with van der Waals surface area (Å²) >= 11 is 0. The lowest BCUT2D eigenvalue weighted by Gasteiger charge is -1.95. The van der Waals surface area contributed by atoms with Gasteiger partial charge in [0, 0.05) is 19.3 Å². The number of carbonyl (C=O) groups is 3. The van der Waals surface area contributed by atoms with Crippen molar-refractivity contribution in [1.82, 2.24) is 0 Å². The zero-order valence-corrected chi connectivity index (χ0v) is 17.7. The quantitative estimate of drug-likeness (QED) is 0.290. The van der Waals surface area contributed by atoms with Gasteiger partial charge in [0.25, 0.3) is 0 Å². The van der Waals surface area contributed by atoms with Gasteiger partial charge in [-0.3, -0.25) is 14.4 Å². The van der Waals surface area contributed by atoms with E-state index in [0.29, 0.717) is 19.3 Å². The molecule has 3 N–H and O–H groups in total. The van der Waals surface area contributed by atoms with Crippen LogP contribution in [0.1, 0.15) is 117 Å². The lowest BCUT2D eigenvalue weighted by atomic mass is 10.1. The Bertz CT molecular complexity index is 342. The van der Waals surface area contributed by atoms with E-state index in [1.807, 2.05) is 0 Å². The molecule has 0 aliphatic heterocycles. The van der Waals surface area contributed by atoms with Gasteiger partial charge < -0.3 is 15.3 Å². The summed E-state index contributed by atoms with van der Waals surface area (Å²) in [5, 5.41) is 24.6. The van der Waals surface area contributed by atoms with Crippen LogP contribution in [0.5, 0.6) is 0 Å². The van der Waals surface area contributed by atoms with Crippen LogP contribution in [0, 0.1) is 0 Å². The van der Waals surface area contributed by atoms with Crippen molar-refractivity contribution in [3.63, 3.8) is 0 Å². The maximum Gasteiger partial charge on any atom is 0.303 e. The van der Waals surface area contributed by atoms with Crippen LogP contribution in [-0.2, 0) is 14.4 Å². The summed E-state index contributed by atoms with van der Waals surface area (Å²) in [6.07, 6.45) is 13.7. The Labute approximate surface area is 165 Å². The molecule has 0 saturated heterocycles. The van der Waals surface area contributed by atoms with E-state index in [9.17, 15) is 14.4 Å². The molecule has 6 heteroatoms. The third kappa shape index (κ3) is 45.5. The van der Waals surface area contributed by atoms with Crippen molar-refractivity contribution in [3.8, 4) is 0 Å². The van der Waals surface area contributed by atoms with Gasteiger partial charge in [-0.15, -0.1) is 0 Å². The van der Waals surface area contributed by atoms with E-state index in [1.165, 1.54) is 25.7 Å². The van der Waals surface area contributed by atoms with Crippen LogP contribution in [0.25, 0.3) is 0 Å². The Morgan fingerprint density at radius 3 is 0.963 bits per heavy atom. The number of carboxylic acid groups (broad SMARTS) is 3. The second-order valence-electron chi connectivity index (χ2n) is 6.61. The summed E-state index contributed by atoms with van der Waals surface area (Å²) in [6, 6.07) is 0. The molecule has 0 aliphatic rings. The highest BCUT2D eigenvalue weighted by Gasteiger charge is 1.95. The molecule has 0 unspecified atom stereocenters. The van der Waals surface area contributed by atoms with Gasteiger partial charge in [-0.05, 0) is 19.3 Å². The molecule has 0 radical (unpaired) electrons. The third-order valence-electron chi connectivity index (χ3n) is 3.73. The lowest BCUT2D eigenvalue weighted by molar-refractivity contribution is -0.138. The van der Waals surface area contributed by atoms with Crippen LogP contribution in [0.4, 0.5) is 0 Å². The van der Waals surface area contributed by atoms with Crippen LogP contribution in [0.15, 0.2) is 0 Å². The topological polar surface area (TPSA) is 112 Å². The van der Waals surface area contributed by atoms with Crippen LogP contribution >= 0.6 is 0 Å². The molecule has 0 spiro atoms. The number of hydrogen-bond acceptors (Lipinski definition) is 3. The molecule has 6 nitrogen and oxygen atoms in total. The Kier molecular flexibility index (Phi) is 29.7. The highest BCUT2D eigenvalue weighted by atomic mass is 16.4. The molecule has 0 aromatic rings. The molecule has 0 fully saturated rings. The first-order valence-corrected chi connectivity index (χ1v) is 10.5. The smallest absolute Gasteiger partial charge is 0.303 e. The first-order valence-electron chi connectivity index (χ1n) is 10.5. The predicted octanol–water partition coefficient (Wildman–Crippen LogP) is 6.12. The molecule has 0 bridgehead atoms. The summed E-state index contributed by atoms with van der Waals surface area (Å²) in [6.45, 7) is 6.32. The zero-order valence-electron chi connectivity index (χ0n) is 17.7. The fourth-order valence-corrected chi connectivity index (χ4v) is 2.11. The highest BCUT2D eigenvalue weighted by Crippen LogP contribution is 2.04. The van der Waals surface area contributed by atoms with E-state index in [1.54, 1.807) is 0 Å². The maximum atomic E-state index is 10.0. The Hall–Kier alpha value is -1.59. The molecular formula is C21H42O6. The molecule has 0 aromatic carbocycles. The van der Waals surface area contributed by atoms with E-state index < -0.39 is 17.9 Å². The summed E-state index contributed by atoms with van der Waals surface area (Å²) < 4.78 is 0. The van der Waals surface area contributed by atoms with Gasteiger partial charge in [-0.2, -0.15) is 0 Å². The number of unbranched alkanes of at least 4 members (excludes halogenated alkanes) is 9. The van der Waals surface area contributed by atoms with Crippen molar-refractivity contribution in [3.05, 3.63) is 0 Å². The monoisotopic (exact) mass is 390 g/mol. The summed E-state index contributed by atoms with van der Waals surface area (Å²) in [5.74, 6) is -2.03. The summed E-state index contributed by atoms with van der Waals surface area (Å²) in [7, 11) is 0. The normalized spacial score (nSPS) is 9.44. The fourth-order valence-electron chi connectivity index (χ4n) is 2.11. The van der Waals surface area contributed by atoms with E-state index in [-0.39, 0.29) is 0 Å². The zero-order chi connectivity index (χ0) is 21.3. The van der Waals surface area contributed by atoms with Gasteiger partial charge in [0.05, 0.1) is 0 Å². The second kappa shape index (κ2) is 26.6. The van der Waals surface area contributed by atoms with E-state index in [0.717, 1.165) is 51.4 Å². The summed E-state index contributed by atoms with van der Waals surface area (Å²) in [4.78, 5) is 29.9. The number of rotatable bonds is 15. The SMILES string of the molecule is CCCCCC(=O)O.CCCCCCC(=O)O.CCCCCCCC(=O)O. The molecular weight excluding hydrogens is 348 g/mol. The molecule has 0 atom stereocenters. The van der Waals surface area contributed by atoms with E-state index in [2.05, 4.69) is 20.8 Å². The van der Waals surface area contributed by atoms with Crippen molar-refractivity contribution < 1.29 is 29.7 Å². The Morgan fingerprint density at radius 2 is 0.667 bits per heavy atom. The standard InChI is InChI=1S/C8H16O2.C7H14O2.C6H12O2/c1-2-3-4-5-6-7-8(9)10;1-2-3-4-5-6-7(8)9;1-2-3-4-5-6(7)8/h2-7H2,1H3,(H,9,10);2-6H2,1H3,(H,8,9);2-5H2,1H3,(H,7,8). The predicted molar refractivity (Wildman–Crippen MR) is 109 cm³/mol. The molecule has 0 heterocycles. The minimum atomic E-state index is -0.682. The highest BCUT2D eigenvalue weighted by molar-refractivity contribution is 5.67. The second-order valence-corrected chi connectivity index (χ2v) is 6.61. The minimum absolute atomic E-state index is 0.327. The maximum absolute atomic E-state index is 10.0. The van der Waals surface area contributed by atoms with Crippen molar-refractivity contribution >= 4 is 17.9 Å². The molecule has 162 valence electrons. The van der Waals surface area contributed by atoms with Crippen molar-refractivity contribution in [1.29, 1.82) is 0 Å². The number of aliphatic carboxylic acids is 3. The van der Waals surface area contributed by atoms with Gasteiger partial charge in [0.15, 0.2) is 0 Å². The van der Waals surface area contributed by atoms with Crippen LogP contribution in [0.2, 0.25) is 0 Å². The molecule has 27 heavy (non-hydrogen) atoms. The fraction of sp³-hybridized carbons (Fsp3) is 0.857. The third-order valence-corrected chi connectivity index (χ3v) is 3.73. The number of hydrogen-bond donors (Lipinski definition) is 3. The van der Waals surface area contributed by atoms with Crippen LogP contribution in [0.3, 0.4) is 0 Å². The van der Waals surface area contributed by atoms with Gasteiger partial charge in [0.2, 0.25) is 0 Å². The van der Waals surface area contributed by atoms with Gasteiger partial charge >= 0.3 is 17.9 Å². The first-order chi connectivity index (χ1) is 12.8. The van der Waals surface area contributed by atoms with Crippen LogP contribution in [-0.4, -0.2) is 33.2 Å². The van der Waals surface area contributed by atoms with Gasteiger partial charge in [-0.1, -0.05) is 78.6 Å². The molecule has 0 amide bonds. The molecule has 0 aromatic heterocycles. The lowest BCUT2D eigenvalue weighted by Crippen LogP contribution is -1.93. The van der Waals surface area contributed by atoms with Gasteiger partial charge in [0.1, 0.15) is 0 Å². The molecule has 0 saturated carbocycles. The Balaban J connectivity index is -0.000000322. The van der Waals surface area contributed by atoms with Crippen molar-refractivity contribution in [2.75, 3.05) is 0 Å². The largest absolute Gasteiger partial charge is 0.481 e. The van der Waals surface area contributed by atoms with E-state index >= 15 is 0 Å². The van der Waals surface area contributed by atoms with Crippen LogP contribution < -0.4 is 0 Å². The van der Waals surface area contributed by atoms with Crippen molar-refractivity contribution in [2.24, 2.45) is 0 Å².